The maximum atomic E-state index is 5.84. The molecule has 3 aliphatic heterocycles. The van der Waals surface area contributed by atoms with Crippen LogP contribution in [0.25, 0.3) is 0 Å². The van der Waals surface area contributed by atoms with Crippen LogP contribution in [0.2, 0.25) is 0 Å². The minimum Gasteiger partial charge on any atom is -0.496 e. The molecule has 0 amide bonds. The number of ether oxygens (including phenoxy) is 3. The molecule has 0 spiro atoms. The minimum absolute atomic E-state index is 0.647. The largest absolute Gasteiger partial charge is 0.496 e. The Kier molecular flexibility index (Phi) is 4.31. The van der Waals surface area contributed by atoms with Gasteiger partial charge in [0.25, 0.3) is 0 Å². The molecule has 0 unspecified atom stereocenters. The Balaban J connectivity index is 1.54. The van der Waals surface area contributed by atoms with Crippen LogP contribution in [0.15, 0.2) is 12.1 Å². The van der Waals surface area contributed by atoms with E-state index in [1.165, 1.54) is 24.8 Å². The zero-order valence-corrected chi connectivity index (χ0v) is 13.8. The van der Waals surface area contributed by atoms with E-state index in [1.807, 2.05) is 6.07 Å². The van der Waals surface area contributed by atoms with Crippen molar-refractivity contribution in [2.24, 2.45) is 0 Å². The van der Waals surface area contributed by atoms with Crippen molar-refractivity contribution in [2.75, 3.05) is 33.4 Å². The van der Waals surface area contributed by atoms with Crippen LogP contribution in [0.3, 0.4) is 0 Å². The van der Waals surface area contributed by atoms with Crippen molar-refractivity contribution >= 4 is 0 Å². The zero-order chi connectivity index (χ0) is 15.6. The number of fused-ring (bicyclic) bond motifs is 3. The lowest BCUT2D eigenvalue weighted by molar-refractivity contribution is 0.246. The number of hydrogen-bond acceptors (Lipinski definition) is 5. The Morgan fingerprint density at radius 2 is 1.91 bits per heavy atom. The van der Waals surface area contributed by atoms with Crippen LogP contribution < -0.4 is 19.5 Å². The van der Waals surface area contributed by atoms with E-state index in [0.717, 1.165) is 56.0 Å². The first kappa shape index (κ1) is 15.1. The van der Waals surface area contributed by atoms with Crippen molar-refractivity contribution in [3.05, 3.63) is 17.7 Å². The fourth-order valence-corrected chi connectivity index (χ4v) is 3.95. The SMILES string of the molecule is COc1cc2c(cc1CN1CC[C@H]3CC[C@@H](C1)N3)OCCCO2. The standard InChI is InChI=1S/C18H26N2O3/c1-21-16-10-18-17(22-7-2-8-23-18)9-13(16)11-20-6-5-14-3-4-15(12-20)19-14/h9-10,14-15,19H,2-8,11-12H2,1H3/t14-,15+/m1/s1. The third-order valence-electron chi connectivity index (χ3n) is 5.15. The highest BCUT2D eigenvalue weighted by atomic mass is 16.5. The van der Waals surface area contributed by atoms with Gasteiger partial charge in [-0.25, -0.2) is 0 Å². The summed E-state index contributed by atoms with van der Waals surface area (Å²) in [6, 6.07) is 5.46. The molecule has 2 atom stereocenters. The molecular weight excluding hydrogens is 292 g/mol. The first-order valence-corrected chi connectivity index (χ1v) is 8.77. The lowest BCUT2D eigenvalue weighted by atomic mass is 10.1. The predicted molar refractivity (Wildman–Crippen MR) is 88.4 cm³/mol. The van der Waals surface area contributed by atoms with Gasteiger partial charge in [-0.2, -0.15) is 0 Å². The fraction of sp³-hybridized carbons (Fsp3) is 0.667. The number of methoxy groups -OCH3 is 1. The second-order valence-corrected chi connectivity index (χ2v) is 6.82. The Morgan fingerprint density at radius 1 is 1.13 bits per heavy atom. The van der Waals surface area contributed by atoms with E-state index in [-0.39, 0.29) is 0 Å². The van der Waals surface area contributed by atoms with Gasteiger partial charge in [0.2, 0.25) is 0 Å². The fourth-order valence-electron chi connectivity index (χ4n) is 3.95. The average molecular weight is 318 g/mol. The summed E-state index contributed by atoms with van der Waals surface area (Å²) in [4.78, 5) is 2.54. The van der Waals surface area contributed by atoms with Crippen molar-refractivity contribution in [1.82, 2.24) is 10.2 Å². The molecule has 126 valence electrons. The third-order valence-corrected chi connectivity index (χ3v) is 5.15. The first-order chi connectivity index (χ1) is 11.3. The van der Waals surface area contributed by atoms with E-state index in [0.29, 0.717) is 12.6 Å². The van der Waals surface area contributed by atoms with Crippen LogP contribution in [0.4, 0.5) is 0 Å². The van der Waals surface area contributed by atoms with Crippen molar-refractivity contribution in [3.8, 4) is 17.2 Å². The number of nitrogens with zero attached hydrogens (tertiary/aromatic N) is 1. The van der Waals surface area contributed by atoms with Gasteiger partial charge < -0.3 is 19.5 Å². The molecule has 5 heteroatoms. The van der Waals surface area contributed by atoms with Crippen molar-refractivity contribution < 1.29 is 14.2 Å². The Bertz CT molecular complexity index is 563. The number of hydrogen-bond donors (Lipinski definition) is 1. The van der Waals surface area contributed by atoms with Gasteiger partial charge in [0.05, 0.1) is 20.3 Å². The topological polar surface area (TPSA) is 43.0 Å². The summed E-state index contributed by atoms with van der Waals surface area (Å²) in [5, 5.41) is 3.74. The second kappa shape index (κ2) is 6.57. The molecule has 0 aromatic heterocycles. The number of rotatable bonds is 3. The van der Waals surface area contributed by atoms with Crippen molar-refractivity contribution in [3.63, 3.8) is 0 Å². The molecule has 0 aliphatic carbocycles. The van der Waals surface area contributed by atoms with Crippen molar-refractivity contribution in [1.29, 1.82) is 0 Å². The first-order valence-electron chi connectivity index (χ1n) is 8.77. The molecule has 4 rings (SSSR count). The summed E-state index contributed by atoms with van der Waals surface area (Å²) in [6.45, 7) is 4.59. The smallest absolute Gasteiger partial charge is 0.164 e. The molecule has 2 bridgehead atoms. The maximum Gasteiger partial charge on any atom is 0.164 e. The van der Waals surface area contributed by atoms with Gasteiger partial charge in [0, 0.05) is 49.8 Å². The lowest BCUT2D eigenvalue weighted by Gasteiger charge is -2.25. The van der Waals surface area contributed by atoms with Crippen molar-refractivity contribution in [2.45, 2.75) is 44.3 Å². The Labute approximate surface area is 137 Å². The molecule has 1 aromatic rings. The van der Waals surface area contributed by atoms with Gasteiger partial charge in [0.1, 0.15) is 5.75 Å². The van der Waals surface area contributed by atoms with Crippen LogP contribution in [0, 0.1) is 0 Å². The number of nitrogens with one attached hydrogen (secondary N) is 1. The van der Waals surface area contributed by atoms with Gasteiger partial charge in [0.15, 0.2) is 11.5 Å². The third kappa shape index (κ3) is 3.26. The molecule has 3 aliphatic rings. The van der Waals surface area contributed by atoms with E-state index >= 15 is 0 Å². The highest BCUT2D eigenvalue weighted by Gasteiger charge is 2.29. The van der Waals surface area contributed by atoms with Gasteiger partial charge in [-0.3, -0.25) is 4.90 Å². The monoisotopic (exact) mass is 318 g/mol. The van der Waals surface area contributed by atoms with Crippen LogP contribution >= 0.6 is 0 Å². The summed E-state index contributed by atoms with van der Waals surface area (Å²) < 4.78 is 17.2. The van der Waals surface area contributed by atoms with Gasteiger partial charge >= 0.3 is 0 Å². The second-order valence-electron chi connectivity index (χ2n) is 6.82. The highest BCUT2D eigenvalue weighted by molar-refractivity contribution is 5.51. The van der Waals surface area contributed by atoms with Gasteiger partial charge in [-0.1, -0.05) is 0 Å². The van der Waals surface area contributed by atoms with Crippen LogP contribution in [0.1, 0.15) is 31.2 Å². The molecular formula is C18H26N2O3. The van der Waals surface area contributed by atoms with E-state index < -0.39 is 0 Å². The molecule has 2 saturated heterocycles. The van der Waals surface area contributed by atoms with Crippen LogP contribution in [-0.2, 0) is 6.54 Å². The van der Waals surface area contributed by atoms with E-state index in [4.69, 9.17) is 14.2 Å². The quantitative estimate of drug-likeness (QED) is 0.925. The van der Waals surface area contributed by atoms with E-state index in [9.17, 15) is 0 Å². The average Bonchev–Trinajstić information content (AvgIpc) is 2.75. The highest BCUT2D eigenvalue weighted by Crippen LogP contribution is 2.37. The summed E-state index contributed by atoms with van der Waals surface area (Å²) in [5.74, 6) is 2.56. The van der Waals surface area contributed by atoms with E-state index in [1.54, 1.807) is 7.11 Å². The number of benzene rings is 1. The summed E-state index contributed by atoms with van der Waals surface area (Å²) in [6.07, 6.45) is 4.81. The predicted octanol–water partition coefficient (Wildman–Crippen LogP) is 2.18. The van der Waals surface area contributed by atoms with Gasteiger partial charge in [-0.15, -0.1) is 0 Å². The zero-order valence-electron chi connectivity index (χ0n) is 13.8. The molecule has 0 saturated carbocycles. The molecule has 3 heterocycles. The minimum atomic E-state index is 0.647. The Morgan fingerprint density at radius 3 is 2.74 bits per heavy atom. The molecule has 1 aromatic carbocycles. The number of likely N-dealkylation sites (tertiary alicyclic amines) is 1. The molecule has 1 N–H and O–H groups in total. The normalized spacial score (nSPS) is 27.3. The molecule has 5 nitrogen and oxygen atoms in total. The lowest BCUT2D eigenvalue weighted by Crippen LogP contribution is -2.35. The molecule has 2 fully saturated rings. The molecule has 23 heavy (non-hydrogen) atoms. The van der Waals surface area contributed by atoms with Crippen LogP contribution in [0.5, 0.6) is 17.2 Å². The maximum absolute atomic E-state index is 5.84. The molecule has 0 radical (unpaired) electrons. The van der Waals surface area contributed by atoms with Crippen LogP contribution in [-0.4, -0.2) is 50.4 Å². The summed E-state index contributed by atoms with van der Waals surface area (Å²) >= 11 is 0. The Hall–Kier alpha value is -1.46. The summed E-state index contributed by atoms with van der Waals surface area (Å²) in [7, 11) is 1.73. The summed E-state index contributed by atoms with van der Waals surface area (Å²) in [5.41, 5.74) is 1.19. The van der Waals surface area contributed by atoms with E-state index in [2.05, 4.69) is 16.3 Å². The van der Waals surface area contributed by atoms with Gasteiger partial charge in [-0.05, 0) is 25.3 Å².